The van der Waals surface area contributed by atoms with Gasteiger partial charge >= 0.3 is 6.09 Å². The lowest BCUT2D eigenvalue weighted by molar-refractivity contribution is 0.0385. The normalized spacial score (nSPS) is 20.9. The van der Waals surface area contributed by atoms with Crippen molar-refractivity contribution in [2.24, 2.45) is 5.41 Å². The molecule has 1 aliphatic rings. The van der Waals surface area contributed by atoms with Gasteiger partial charge in [-0.15, -0.1) is 0 Å². The first-order chi connectivity index (χ1) is 9.39. The number of alkyl carbamates (subject to hydrolysis) is 1. The second-order valence-corrected chi connectivity index (χ2v) is 6.23. The molecule has 1 atom stereocenters. The molecular formula is C14H18BrNO4. The summed E-state index contributed by atoms with van der Waals surface area (Å²) < 4.78 is 16.5. The Morgan fingerprint density at radius 1 is 1.30 bits per heavy atom. The Morgan fingerprint density at radius 2 is 1.90 bits per heavy atom. The lowest BCUT2D eigenvalue weighted by Crippen LogP contribution is -2.47. The van der Waals surface area contributed by atoms with Gasteiger partial charge in [0.25, 0.3) is 0 Å². The number of ether oxygens (including phenoxy) is 3. The molecular weight excluding hydrogens is 326 g/mol. The fraction of sp³-hybridized carbons (Fsp3) is 0.500. The Balaban J connectivity index is 2.47. The number of rotatable bonds is 3. The van der Waals surface area contributed by atoms with E-state index in [1.807, 2.05) is 26.0 Å². The molecule has 1 fully saturated rings. The zero-order chi connectivity index (χ0) is 14.9. The minimum atomic E-state index is -0.406. The van der Waals surface area contributed by atoms with E-state index >= 15 is 0 Å². The minimum absolute atomic E-state index is 0.169. The van der Waals surface area contributed by atoms with Crippen LogP contribution in [0.5, 0.6) is 11.5 Å². The van der Waals surface area contributed by atoms with Crippen LogP contribution >= 0.6 is 15.9 Å². The third-order valence-corrected chi connectivity index (χ3v) is 4.12. The van der Waals surface area contributed by atoms with Gasteiger partial charge in [0.15, 0.2) is 11.5 Å². The lowest BCUT2D eigenvalue weighted by atomic mass is 9.80. The van der Waals surface area contributed by atoms with Crippen LogP contribution in [0, 0.1) is 5.41 Å². The Kier molecular flexibility index (Phi) is 4.13. The smallest absolute Gasteiger partial charge is 0.407 e. The standard InChI is InChI=1S/C14H18BrNO4/c1-14(2)7-20-13(17)16-12(14)8-5-10(18-3)11(19-4)6-9(8)15/h5-6,12H,7H2,1-4H3,(H,16,17)/t12-/m1/s1. The number of cyclic esters (lactones) is 1. The van der Waals surface area contributed by atoms with E-state index in [9.17, 15) is 4.79 Å². The molecule has 1 aliphatic heterocycles. The molecule has 1 heterocycles. The highest BCUT2D eigenvalue weighted by Crippen LogP contribution is 2.43. The first kappa shape index (κ1) is 15.0. The fourth-order valence-corrected chi connectivity index (χ4v) is 2.83. The van der Waals surface area contributed by atoms with Crippen molar-refractivity contribution in [2.75, 3.05) is 20.8 Å². The third-order valence-electron chi connectivity index (χ3n) is 3.43. The molecule has 2 rings (SSSR count). The molecule has 5 nitrogen and oxygen atoms in total. The predicted octanol–water partition coefficient (Wildman–Crippen LogP) is 3.27. The first-order valence-electron chi connectivity index (χ1n) is 6.23. The Bertz CT molecular complexity index is 530. The maximum Gasteiger partial charge on any atom is 0.407 e. The number of amides is 1. The third kappa shape index (κ3) is 2.70. The molecule has 0 aliphatic carbocycles. The molecule has 1 N–H and O–H groups in total. The zero-order valence-corrected chi connectivity index (χ0v) is 13.5. The van der Waals surface area contributed by atoms with Gasteiger partial charge in [0, 0.05) is 9.89 Å². The molecule has 0 radical (unpaired) electrons. The topological polar surface area (TPSA) is 56.8 Å². The second-order valence-electron chi connectivity index (χ2n) is 5.37. The number of halogens is 1. The summed E-state index contributed by atoms with van der Waals surface area (Å²) in [7, 11) is 3.17. The molecule has 1 aromatic rings. The van der Waals surface area contributed by atoms with Crippen molar-refractivity contribution in [3.8, 4) is 11.5 Å². The van der Waals surface area contributed by atoms with E-state index in [4.69, 9.17) is 14.2 Å². The lowest BCUT2D eigenvalue weighted by Gasteiger charge is -2.39. The van der Waals surface area contributed by atoms with Crippen LogP contribution in [0.4, 0.5) is 4.79 Å². The maximum absolute atomic E-state index is 11.5. The fourth-order valence-electron chi connectivity index (χ4n) is 2.28. The van der Waals surface area contributed by atoms with E-state index in [2.05, 4.69) is 21.2 Å². The number of methoxy groups -OCH3 is 2. The average Bonchev–Trinajstić information content (AvgIpc) is 2.41. The van der Waals surface area contributed by atoms with Crippen molar-refractivity contribution in [2.45, 2.75) is 19.9 Å². The number of nitrogens with one attached hydrogen (secondary N) is 1. The van der Waals surface area contributed by atoms with Gasteiger partial charge in [0.05, 0.1) is 20.3 Å². The van der Waals surface area contributed by atoms with Gasteiger partial charge in [0.2, 0.25) is 0 Å². The van der Waals surface area contributed by atoms with Gasteiger partial charge in [0.1, 0.15) is 6.61 Å². The predicted molar refractivity (Wildman–Crippen MR) is 78.3 cm³/mol. The highest BCUT2D eigenvalue weighted by molar-refractivity contribution is 9.10. The van der Waals surface area contributed by atoms with Gasteiger partial charge in [-0.25, -0.2) is 4.79 Å². The molecule has 1 aromatic carbocycles. The van der Waals surface area contributed by atoms with E-state index < -0.39 is 6.09 Å². The van der Waals surface area contributed by atoms with Gasteiger partial charge in [-0.1, -0.05) is 29.8 Å². The molecule has 6 heteroatoms. The Labute approximate surface area is 126 Å². The van der Waals surface area contributed by atoms with Crippen LogP contribution in [-0.4, -0.2) is 26.9 Å². The summed E-state index contributed by atoms with van der Waals surface area (Å²) in [5, 5.41) is 2.87. The Morgan fingerprint density at radius 3 is 2.50 bits per heavy atom. The van der Waals surface area contributed by atoms with Crippen LogP contribution in [0.15, 0.2) is 16.6 Å². The van der Waals surface area contributed by atoms with Crippen molar-refractivity contribution >= 4 is 22.0 Å². The average molecular weight is 344 g/mol. The molecule has 20 heavy (non-hydrogen) atoms. The molecule has 0 spiro atoms. The van der Waals surface area contributed by atoms with E-state index in [1.54, 1.807) is 14.2 Å². The number of hydrogen-bond acceptors (Lipinski definition) is 4. The van der Waals surface area contributed by atoms with Crippen LogP contribution in [-0.2, 0) is 4.74 Å². The summed E-state index contributed by atoms with van der Waals surface area (Å²) in [5.41, 5.74) is 0.708. The van der Waals surface area contributed by atoms with Crippen LogP contribution in [0.3, 0.4) is 0 Å². The summed E-state index contributed by atoms with van der Waals surface area (Å²) in [6.45, 7) is 4.45. The minimum Gasteiger partial charge on any atom is -0.493 e. The largest absolute Gasteiger partial charge is 0.493 e. The van der Waals surface area contributed by atoms with E-state index in [0.717, 1.165) is 10.0 Å². The second kappa shape index (κ2) is 5.52. The van der Waals surface area contributed by atoms with E-state index in [0.29, 0.717) is 18.1 Å². The van der Waals surface area contributed by atoms with Crippen LogP contribution in [0.1, 0.15) is 25.5 Å². The van der Waals surface area contributed by atoms with Gasteiger partial charge in [-0.05, 0) is 17.7 Å². The van der Waals surface area contributed by atoms with Gasteiger partial charge in [-0.3, -0.25) is 0 Å². The Hall–Kier alpha value is -1.43. The van der Waals surface area contributed by atoms with Crippen LogP contribution in [0.25, 0.3) is 0 Å². The summed E-state index contributed by atoms with van der Waals surface area (Å²) in [5.74, 6) is 1.27. The summed E-state index contributed by atoms with van der Waals surface area (Å²) in [4.78, 5) is 11.5. The number of hydrogen-bond donors (Lipinski definition) is 1. The molecule has 1 amide bonds. The SMILES string of the molecule is COc1cc(Br)c([C@H]2NC(=O)OCC2(C)C)cc1OC. The number of carbonyl (C=O) groups excluding carboxylic acids is 1. The highest BCUT2D eigenvalue weighted by atomic mass is 79.9. The number of benzene rings is 1. The van der Waals surface area contributed by atoms with E-state index in [1.165, 1.54) is 0 Å². The summed E-state index contributed by atoms with van der Waals surface area (Å²) >= 11 is 3.53. The highest BCUT2D eigenvalue weighted by Gasteiger charge is 2.39. The summed E-state index contributed by atoms with van der Waals surface area (Å²) in [6.07, 6.45) is -0.406. The van der Waals surface area contributed by atoms with Gasteiger partial charge in [-0.2, -0.15) is 0 Å². The van der Waals surface area contributed by atoms with Crippen molar-refractivity contribution < 1.29 is 19.0 Å². The van der Waals surface area contributed by atoms with Gasteiger partial charge < -0.3 is 19.5 Å². The molecule has 0 aromatic heterocycles. The quantitative estimate of drug-likeness (QED) is 0.914. The number of carbonyl (C=O) groups is 1. The first-order valence-corrected chi connectivity index (χ1v) is 7.03. The molecule has 0 unspecified atom stereocenters. The van der Waals surface area contributed by atoms with Crippen molar-refractivity contribution in [3.63, 3.8) is 0 Å². The van der Waals surface area contributed by atoms with Crippen molar-refractivity contribution in [3.05, 3.63) is 22.2 Å². The maximum atomic E-state index is 11.5. The van der Waals surface area contributed by atoms with Crippen molar-refractivity contribution in [1.82, 2.24) is 5.32 Å². The molecule has 0 saturated carbocycles. The van der Waals surface area contributed by atoms with E-state index in [-0.39, 0.29) is 11.5 Å². The molecule has 0 bridgehead atoms. The molecule has 1 saturated heterocycles. The van der Waals surface area contributed by atoms with Crippen LogP contribution < -0.4 is 14.8 Å². The van der Waals surface area contributed by atoms with Crippen molar-refractivity contribution in [1.29, 1.82) is 0 Å². The molecule has 110 valence electrons. The zero-order valence-electron chi connectivity index (χ0n) is 12.0. The monoisotopic (exact) mass is 343 g/mol. The summed E-state index contributed by atoms with van der Waals surface area (Å²) in [6, 6.07) is 3.55. The van der Waals surface area contributed by atoms with Crippen LogP contribution in [0.2, 0.25) is 0 Å².